The molecule has 2 atom stereocenters. The molecule has 18 heavy (non-hydrogen) atoms. The van der Waals surface area contributed by atoms with Crippen molar-refractivity contribution in [1.82, 2.24) is 4.90 Å². The van der Waals surface area contributed by atoms with Gasteiger partial charge in [-0.1, -0.05) is 22.9 Å². The van der Waals surface area contributed by atoms with Crippen LogP contribution in [0.3, 0.4) is 0 Å². The summed E-state index contributed by atoms with van der Waals surface area (Å²) in [6.07, 6.45) is 1.57. The number of rotatable bonds is 3. The molecule has 1 unspecified atom stereocenters. The smallest absolute Gasteiger partial charge is 0.329 e. The number of hydrogen-bond donors (Lipinski definition) is 0. The summed E-state index contributed by atoms with van der Waals surface area (Å²) in [4.78, 5) is 25.9. The van der Waals surface area contributed by atoms with E-state index in [1.807, 2.05) is 27.7 Å². The molecule has 1 aliphatic rings. The van der Waals surface area contributed by atoms with Gasteiger partial charge >= 0.3 is 5.97 Å². The quantitative estimate of drug-likeness (QED) is 0.592. The van der Waals surface area contributed by atoms with Crippen LogP contribution in [0.2, 0.25) is 0 Å². The van der Waals surface area contributed by atoms with Crippen molar-refractivity contribution >= 4 is 27.8 Å². The summed E-state index contributed by atoms with van der Waals surface area (Å²) in [7, 11) is 0. The van der Waals surface area contributed by atoms with E-state index in [1.165, 1.54) is 0 Å². The molecule has 1 fully saturated rings. The molecule has 1 heterocycles. The number of halogens is 1. The molecule has 0 aromatic carbocycles. The lowest BCUT2D eigenvalue weighted by atomic mass is 10.1. The standard InChI is InChI=1S/C13H22BrNO3/c1-9(8-14)11(16)15-7-5-6-10(15)12(17)18-13(2,3)4/h9-10H,5-8H2,1-4H3/t9?,10-/m0/s1. The summed E-state index contributed by atoms with van der Waals surface area (Å²) in [6, 6.07) is -0.404. The number of carbonyl (C=O) groups excluding carboxylic acids is 2. The Balaban J connectivity index is 2.70. The SMILES string of the molecule is CC(CBr)C(=O)N1CCC[C@H]1C(=O)OC(C)(C)C. The number of nitrogens with zero attached hydrogens (tertiary/aromatic N) is 1. The summed E-state index contributed by atoms with van der Waals surface area (Å²) >= 11 is 3.30. The number of carbonyl (C=O) groups is 2. The van der Waals surface area contributed by atoms with Gasteiger partial charge in [-0.3, -0.25) is 4.79 Å². The molecule has 4 nitrogen and oxygen atoms in total. The first-order valence-corrected chi connectivity index (χ1v) is 7.47. The Morgan fingerprint density at radius 3 is 2.56 bits per heavy atom. The van der Waals surface area contributed by atoms with Gasteiger partial charge in [0.1, 0.15) is 11.6 Å². The van der Waals surface area contributed by atoms with Gasteiger partial charge in [-0.05, 0) is 33.6 Å². The Morgan fingerprint density at radius 1 is 1.44 bits per heavy atom. The average molecular weight is 320 g/mol. The first kappa shape index (κ1) is 15.5. The van der Waals surface area contributed by atoms with Gasteiger partial charge in [-0.2, -0.15) is 0 Å². The van der Waals surface area contributed by atoms with Crippen LogP contribution in [0.1, 0.15) is 40.5 Å². The summed E-state index contributed by atoms with van der Waals surface area (Å²) in [5.41, 5.74) is -0.505. The van der Waals surface area contributed by atoms with Crippen molar-refractivity contribution in [3.05, 3.63) is 0 Å². The van der Waals surface area contributed by atoms with E-state index in [0.717, 1.165) is 6.42 Å². The maximum absolute atomic E-state index is 12.1. The van der Waals surface area contributed by atoms with Gasteiger partial charge in [0, 0.05) is 17.8 Å². The van der Waals surface area contributed by atoms with Crippen LogP contribution in [0.25, 0.3) is 0 Å². The molecule has 0 bridgehead atoms. The van der Waals surface area contributed by atoms with E-state index in [-0.39, 0.29) is 17.8 Å². The van der Waals surface area contributed by atoms with Crippen LogP contribution in [-0.2, 0) is 14.3 Å². The highest BCUT2D eigenvalue weighted by molar-refractivity contribution is 9.09. The maximum atomic E-state index is 12.1. The fraction of sp³-hybridized carbons (Fsp3) is 0.846. The second-order valence-electron chi connectivity index (χ2n) is 5.78. The third kappa shape index (κ3) is 3.97. The number of hydrogen-bond acceptors (Lipinski definition) is 3. The second-order valence-corrected chi connectivity index (χ2v) is 6.43. The Labute approximate surface area is 117 Å². The number of alkyl halides is 1. The van der Waals surface area contributed by atoms with Crippen molar-refractivity contribution in [1.29, 1.82) is 0 Å². The molecule has 104 valence electrons. The van der Waals surface area contributed by atoms with Gasteiger partial charge in [0.25, 0.3) is 0 Å². The van der Waals surface area contributed by atoms with Crippen LogP contribution in [0.15, 0.2) is 0 Å². The minimum Gasteiger partial charge on any atom is -0.458 e. The van der Waals surface area contributed by atoms with E-state index >= 15 is 0 Å². The number of ether oxygens (including phenoxy) is 1. The molecule has 0 aromatic rings. The molecule has 1 amide bonds. The Hall–Kier alpha value is -0.580. The van der Waals surface area contributed by atoms with Crippen LogP contribution < -0.4 is 0 Å². The first-order valence-electron chi connectivity index (χ1n) is 6.35. The highest BCUT2D eigenvalue weighted by atomic mass is 79.9. The minimum absolute atomic E-state index is 0.0280. The van der Waals surface area contributed by atoms with Gasteiger partial charge in [0.15, 0.2) is 0 Å². The Kier molecular flexibility index (Phi) is 5.20. The van der Waals surface area contributed by atoms with Gasteiger partial charge in [0.2, 0.25) is 5.91 Å². The summed E-state index contributed by atoms with van der Waals surface area (Å²) in [5, 5.41) is 0.614. The van der Waals surface area contributed by atoms with Crippen molar-refractivity contribution < 1.29 is 14.3 Å². The van der Waals surface area contributed by atoms with E-state index in [2.05, 4.69) is 15.9 Å². The average Bonchev–Trinajstić information content (AvgIpc) is 2.73. The van der Waals surface area contributed by atoms with Crippen LogP contribution in [-0.4, -0.2) is 40.3 Å². The largest absolute Gasteiger partial charge is 0.458 e. The van der Waals surface area contributed by atoms with E-state index in [4.69, 9.17) is 4.74 Å². The second kappa shape index (κ2) is 6.04. The third-order valence-electron chi connectivity index (χ3n) is 2.87. The number of esters is 1. The van der Waals surface area contributed by atoms with Crippen LogP contribution in [0, 0.1) is 5.92 Å². The zero-order valence-corrected chi connectivity index (χ0v) is 13.1. The lowest BCUT2D eigenvalue weighted by Gasteiger charge is -2.28. The molecule has 0 spiro atoms. The van der Waals surface area contributed by atoms with Crippen LogP contribution in [0.4, 0.5) is 0 Å². The molecule has 0 N–H and O–H groups in total. The lowest BCUT2D eigenvalue weighted by molar-refractivity contribution is -0.163. The van der Waals surface area contributed by atoms with E-state index in [1.54, 1.807) is 4.90 Å². The normalized spacial score (nSPS) is 21.8. The fourth-order valence-electron chi connectivity index (χ4n) is 1.99. The van der Waals surface area contributed by atoms with Gasteiger partial charge in [-0.15, -0.1) is 0 Å². The van der Waals surface area contributed by atoms with Crippen molar-refractivity contribution in [3.8, 4) is 0 Å². The van der Waals surface area contributed by atoms with Crippen molar-refractivity contribution in [2.45, 2.75) is 52.2 Å². The lowest BCUT2D eigenvalue weighted by Crippen LogP contribution is -2.45. The predicted octanol–water partition coefficient (Wildman–Crippen LogP) is 2.35. The minimum atomic E-state index is -0.505. The fourth-order valence-corrected chi connectivity index (χ4v) is 2.27. The third-order valence-corrected chi connectivity index (χ3v) is 3.84. The number of amides is 1. The predicted molar refractivity (Wildman–Crippen MR) is 73.5 cm³/mol. The number of likely N-dealkylation sites (tertiary alicyclic amines) is 1. The molecule has 0 radical (unpaired) electrons. The molecule has 0 aliphatic carbocycles. The van der Waals surface area contributed by atoms with Gasteiger partial charge < -0.3 is 9.64 Å². The Bertz CT molecular complexity index is 325. The molecule has 0 saturated carbocycles. The highest BCUT2D eigenvalue weighted by Gasteiger charge is 2.37. The molecule has 1 aliphatic heterocycles. The molecule has 0 aromatic heterocycles. The zero-order valence-electron chi connectivity index (χ0n) is 11.5. The summed E-state index contributed by atoms with van der Waals surface area (Å²) in [6.45, 7) is 8.04. The molecular formula is C13H22BrNO3. The van der Waals surface area contributed by atoms with Crippen molar-refractivity contribution in [2.75, 3.05) is 11.9 Å². The summed E-state index contributed by atoms with van der Waals surface area (Å²) in [5.74, 6) is -0.358. The summed E-state index contributed by atoms with van der Waals surface area (Å²) < 4.78 is 5.37. The zero-order chi connectivity index (χ0) is 13.9. The van der Waals surface area contributed by atoms with E-state index in [0.29, 0.717) is 18.3 Å². The topological polar surface area (TPSA) is 46.6 Å². The van der Waals surface area contributed by atoms with Crippen LogP contribution in [0.5, 0.6) is 0 Å². The maximum Gasteiger partial charge on any atom is 0.329 e. The monoisotopic (exact) mass is 319 g/mol. The van der Waals surface area contributed by atoms with Gasteiger partial charge in [-0.25, -0.2) is 4.79 Å². The molecular weight excluding hydrogens is 298 g/mol. The highest BCUT2D eigenvalue weighted by Crippen LogP contribution is 2.23. The van der Waals surface area contributed by atoms with Gasteiger partial charge in [0.05, 0.1) is 0 Å². The van der Waals surface area contributed by atoms with E-state index in [9.17, 15) is 9.59 Å². The van der Waals surface area contributed by atoms with Crippen molar-refractivity contribution in [2.24, 2.45) is 5.92 Å². The molecule has 5 heteroatoms. The van der Waals surface area contributed by atoms with Crippen LogP contribution >= 0.6 is 15.9 Å². The van der Waals surface area contributed by atoms with E-state index < -0.39 is 11.6 Å². The first-order chi connectivity index (χ1) is 8.26. The Morgan fingerprint density at radius 2 is 2.06 bits per heavy atom. The molecule has 1 saturated heterocycles. The van der Waals surface area contributed by atoms with Crippen molar-refractivity contribution in [3.63, 3.8) is 0 Å². The molecule has 1 rings (SSSR count).